The Bertz CT molecular complexity index is 204. The van der Waals surface area contributed by atoms with Crippen molar-refractivity contribution in [3.63, 3.8) is 0 Å². The van der Waals surface area contributed by atoms with Crippen LogP contribution < -0.4 is 0 Å². The van der Waals surface area contributed by atoms with Crippen molar-refractivity contribution in [3.8, 4) is 0 Å². The molecule has 3 heteroatoms. The molecule has 2 N–H and O–H groups in total. The molecule has 0 spiro atoms. The minimum absolute atomic E-state index is 0.567. The number of carboxylic acid groups (broad SMARTS) is 1. The Morgan fingerprint density at radius 1 is 0.889 bits per heavy atom. The third-order valence-electron chi connectivity index (χ3n) is 3.50. The molecular formula is C15H30O3. The summed E-state index contributed by atoms with van der Waals surface area (Å²) in [6, 6.07) is 0. The number of aliphatic carboxylic acids is 1. The summed E-state index contributed by atoms with van der Waals surface area (Å²) in [7, 11) is 0. The predicted octanol–water partition coefficient (Wildman–Crippen LogP) is 3.99. The van der Waals surface area contributed by atoms with Gasteiger partial charge in [0.1, 0.15) is 0 Å². The molecule has 0 aliphatic carbocycles. The molecule has 18 heavy (non-hydrogen) atoms. The number of carboxylic acids is 1. The number of rotatable bonds is 12. The zero-order valence-electron chi connectivity index (χ0n) is 12.0. The lowest BCUT2D eigenvalue weighted by Gasteiger charge is -2.19. The van der Waals surface area contributed by atoms with Crippen molar-refractivity contribution in [2.45, 2.75) is 84.2 Å². The molecule has 0 aliphatic heterocycles. The Balaban J connectivity index is 3.83. The Morgan fingerprint density at radius 2 is 1.39 bits per heavy atom. The quantitative estimate of drug-likeness (QED) is 0.520. The lowest BCUT2D eigenvalue weighted by atomic mass is 9.92. The summed E-state index contributed by atoms with van der Waals surface area (Å²) in [5.74, 6) is -1.41. The normalized spacial score (nSPS) is 14.4. The van der Waals surface area contributed by atoms with Crippen molar-refractivity contribution in [1.29, 1.82) is 0 Å². The monoisotopic (exact) mass is 258 g/mol. The Hall–Kier alpha value is -0.570. The van der Waals surface area contributed by atoms with E-state index in [2.05, 4.69) is 13.8 Å². The molecular weight excluding hydrogens is 228 g/mol. The van der Waals surface area contributed by atoms with E-state index >= 15 is 0 Å². The fraction of sp³-hybridized carbons (Fsp3) is 0.933. The van der Waals surface area contributed by atoms with Crippen LogP contribution in [0.1, 0.15) is 78.1 Å². The van der Waals surface area contributed by atoms with Crippen molar-refractivity contribution < 1.29 is 15.0 Å². The van der Waals surface area contributed by atoms with Gasteiger partial charge in [0.2, 0.25) is 0 Å². The summed E-state index contributed by atoms with van der Waals surface area (Å²) in [6.07, 6.45) is 9.29. The van der Waals surface area contributed by atoms with Crippen LogP contribution in [0.2, 0.25) is 0 Å². The molecule has 0 bridgehead atoms. The predicted molar refractivity (Wildman–Crippen MR) is 74.7 cm³/mol. The van der Waals surface area contributed by atoms with E-state index in [9.17, 15) is 9.90 Å². The van der Waals surface area contributed by atoms with Gasteiger partial charge in [-0.15, -0.1) is 0 Å². The first-order valence-electron chi connectivity index (χ1n) is 7.54. The van der Waals surface area contributed by atoms with Crippen LogP contribution in [0.25, 0.3) is 0 Å². The van der Waals surface area contributed by atoms with Gasteiger partial charge in [-0.25, -0.2) is 0 Å². The maximum absolute atomic E-state index is 11.1. The summed E-state index contributed by atoms with van der Waals surface area (Å²) >= 11 is 0. The lowest BCUT2D eigenvalue weighted by Crippen LogP contribution is -2.28. The van der Waals surface area contributed by atoms with Crippen LogP contribution in [-0.2, 0) is 4.79 Å². The van der Waals surface area contributed by atoms with Crippen molar-refractivity contribution >= 4 is 5.97 Å². The maximum atomic E-state index is 11.1. The number of unbranched alkanes of at least 4 members (excludes halogenated alkanes) is 6. The molecule has 0 aromatic rings. The number of hydrogen-bond donors (Lipinski definition) is 2. The van der Waals surface area contributed by atoms with Crippen LogP contribution in [0.15, 0.2) is 0 Å². The highest BCUT2D eigenvalue weighted by Crippen LogP contribution is 2.19. The number of aliphatic hydroxyl groups is 1. The average Bonchev–Trinajstić information content (AvgIpc) is 2.33. The van der Waals surface area contributed by atoms with Crippen molar-refractivity contribution in [2.24, 2.45) is 5.92 Å². The second-order valence-corrected chi connectivity index (χ2v) is 5.21. The van der Waals surface area contributed by atoms with Gasteiger partial charge in [-0.1, -0.05) is 65.2 Å². The standard InChI is InChI=1S/C15H30O3/c1-3-5-7-8-10-12-14(16)13(15(17)18)11-9-6-4-2/h13-14,16H,3-12H2,1-2H3,(H,17,18). The molecule has 2 atom stereocenters. The Kier molecular flexibility index (Phi) is 11.2. The first kappa shape index (κ1) is 17.4. The molecule has 0 aromatic carbocycles. The summed E-state index contributed by atoms with van der Waals surface area (Å²) in [6.45, 7) is 4.27. The SMILES string of the molecule is CCCCCCCC(O)C(CCCCC)C(=O)O. The van der Waals surface area contributed by atoms with E-state index in [1.165, 1.54) is 19.3 Å². The molecule has 0 radical (unpaired) electrons. The summed E-state index contributed by atoms with van der Waals surface area (Å²) < 4.78 is 0. The maximum Gasteiger partial charge on any atom is 0.309 e. The van der Waals surface area contributed by atoms with E-state index in [0.29, 0.717) is 12.8 Å². The number of carbonyl (C=O) groups is 1. The van der Waals surface area contributed by atoms with Gasteiger partial charge >= 0.3 is 5.97 Å². The van der Waals surface area contributed by atoms with Crippen LogP contribution in [0.3, 0.4) is 0 Å². The fourth-order valence-electron chi connectivity index (χ4n) is 2.25. The van der Waals surface area contributed by atoms with Gasteiger partial charge in [-0.3, -0.25) is 4.79 Å². The Morgan fingerprint density at radius 3 is 1.94 bits per heavy atom. The third-order valence-corrected chi connectivity index (χ3v) is 3.50. The molecule has 0 rings (SSSR count). The van der Waals surface area contributed by atoms with Gasteiger partial charge < -0.3 is 10.2 Å². The molecule has 0 amide bonds. The molecule has 0 aliphatic rings. The van der Waals surface area contributed by atoms with Crippen molar-refractivity contribution in [2.75, 3.05) is 0 Å². The van der Waals surface area contributed by atoms with Gasteiger partial charge in [0.05, 0.1) is 12.0 Å². The zero-order valence-corrected chi connectivity index (χ0v) is 12.0. The number of hydrogen-bond acceptors (Lipinski definition) is 2. The summed E-state index contributed by atoms with van der Waals surface area (Å²) in [4.78, 5) is 11.1. The van der Waals surface area contributed by atoms with Gasteiger partial charge in [0, 0.05) is 0 Å². The third kappa shape index (κ3) is 8.51. The van der Waals surface area contributed by atoms with Crippen LogP contribution in [-0.4, -0.2) is 22.3 Å². The lowest BCUT2D eigenvalue weighted by molar-refractivity contribution is -0.146. The van der Waals surface area contributed by atoms with Crippen LogP contribution in [0.4, 0.5) is 0 Å². The van der Waals surface area contributed by atoms with Crippen molar-refractivity contribution in [1.82, 2.24) is 0 Å². The molecule has 2 unspecified atom stereocenters. The van der Waals surface area contributed by atoms with E-state index in [1.54, 1.807) is 0 Å². The number of aliphatic hydroxyl groups excluding tert-OH is 1. The minimum atomic E-state index is -0.841. The van der Waals surface area contributed by atoms with E-state index in [1.807, 2.05) is 0 Å². The second-order valence-electron chi connectivity index (χ2n) is 5.21. The summed E-state index contributed by atoms with van der Waals surface area (Å²) in [5, 5.41) is 19.1. The fourth-order valence-corrected chi connectivity index (χ4v) is 2.25. The molecule has 0 saturated carbocycles. The highest BCUT2D eigenvalue weighted by molar-refractivity contribution is 5.70. The zero-order chi connectivity index (χ0) is 13.8. The van der Waals surface area contributed by atoms with E-state index in [4.69, 9.17) is 5.11 Å². The van der Waals surface area contributed by atoms with E-state index in [-0.39, 0.29) is 0 Å². The second kappa shape index (κ2) is 11.5. The highest BCUT2D eigenvalue weighted by atomic mass is 16.4. The molecule has 0 saturated heterocycles. The van der Waals surface area contributed by atoms with Gasteiger partial charge in [-0.2, -0.15) is 0 Å². The van der Waals surface area contributed by atoms with Crippen molar-refractivity contribution in [3.05, 3.63) is 0 Å². The largest absolute Gasteiger partial charge is 0.481 e. The molecule has 3 nitrogen and oxygen atoms in total. The molecule has 108 valence electrons. The van der Waals surface area contributed by atoms with Gasteiger partial charge in [-0.05, 0) is 12.8 Å². The highest BCUT2D eigenvalue weighted by Gasteiger charge is 2.25. The smallest absolute Gasteiger partial charge is 0.309 e. The van der Waals surface area contributed by atoms with Crippen LogP contribution in [0.5, 0.6) is 0 Å². The van der Waals surface area contributed by atoms with Crippen LogP contribution >= 0.6 is 0 Å². The topological polar surface area (TPSA) is 57.5 Å². The first-order chi connectivity index (χ1) is 8.63. The molecule has 0 heterocycles. The first-order valence-corrected chi connectivity index (χ1v) is 7.54. The van der Waals surface area contributed by atoms with Gasteiger partial charge in [0.15, 0.2) is 0 Å². The Labute approximate surface area is 112 Å². The van der Waals surface area contributed by atoms with E-state index < -0.39 is 18.0 Å². The average molecular weight is 258 g/mol. The van der Waals surface area contributed by atoms with Gasteiger partial charge in [0.25, 0.3) is 0 Å². The molecule has 0 aromatic heterocycles. The summed E-state index contributed by atoms with van der Waals surface area (Å²) in [5.41, 5.74) is 0. The van der Waals surface area contributed by atoms with Crippen LogP contribution in [0, 0.1) is 5.92 Å². The minimum Gasteiger partial charge on any atom is -0.481 e. The van der Waals surface area contributed by atoms with E-state index in [0.717, 1.165) is 32.1 Å². The molecule has 0 fully saturated rings.